The smallest absolute Gasteiger partial charge is 0.243 e. The SMILES string of the molecule is CCN(C1CCN(Cc2ccccc2)C1)S(=O)(=O)c1ccc(I)cc1. The first-order valence-corrected chi connectivity index (χ1v) is 11.1. The number of benzene rings is 2. The fraction of sp³-hybridized carbons (Fsp3) is 0.368. The van der Waals surface area contributed by atoms with Gasteiger partial charge in [0.15, 0.2) is 0 Å². The van der Waals surface area contributed by atoms with Crippen molar-refractivity contribution in [2.24, 2.45) is 0 Å². The summed E-state index contributed by atoms with van der Waals surface area (Å²) >= 11 is 2.19. The van der Waals surface area contributed by atoms with Crippen molar-refractivity contribution in [3.8, 4) is 0 Å². The number of nitrogens with zero attached hydrogens (tertiary/aromatic N) is 2. The molecule has 4 nitrogen and oxygen atoms in total. The lowest BCUT2D eigenvalue weighted by atomic mass is 10.2. The minimum absolute atomic E-state index is 0.0398. The highest BCUT2D eigenvalue weighted by Gasteiger charge is 2.34. The predicted molar refractivity (Wildman–Crippen MR) is 109 cm³/mol. The molecule has 25 heavy (non-hydrogen) atoms. The zero-order valence-corrected chi connectivity index (χ0v) is 17.3. The zero-order chi connectivity index (χ0) is 17.9. The molecule has 3 rings (SSSR count). The standard InChI is InChI=1S/C19H23IN2O2S/c1-2-22(25(23,24)19-10-8-17(20)9-11-19)18-12-13-21(15-18)14-16-6-4-3-5-7-16/h3-11,18H,2,12-15H2,1H3. The molecule has 0 aliphatic carbocycles. The number of hydrogen-bond acceptors (Lipinski definition) is 3. The Kier molecular flexibility index (Phi) is 6.14. The van der Waals surface area contributed by atoms with Gasteiger partial charge >= 0.3 is 0 Å². The molecular weight excluding hydrogens is 447 g/mol. The number of hydrogen-bond donors (Lipinski definition) is 0. The average molecular weight is 470 g/mol. The van der Waals surface area contributed by atoms with E-state index in [1.165, 1.54) is 5.56 Å². The molecule has 1 saturated heterocycles. The van der Waals surface area contributed by atoms with E-state index < -0.39 is 10.0 Å². The van der Waals surface area contributed by atoms with E-state index in [0.29, 0.717) is 11.4 Å². The quantitative estimate of drug-likeness (QED) is 0.607. The minimum atomic E-state index is -3.44. The molecule has 1 aliphatic rings. The number of rotatable bonds is 6. The van der Waals surface area contributed by atoms with Gasteiger partial charge < -0.3 is 0 Å². The van der Waals surface area contributed by atoms with Crippen LogP contribution in [-0.2, 0) is 16.6 Å². The molecule has 0 aromatic heterocycles. The van der Waals surface area contributed by atoms with Gasteiger partial charge in [0.1, 0.15) is 0 Å². The molecule has 0 amide bonds. The van der Waals surface area contributed by atoms with Crippen LogP contribution >= 0.6 is 22.6 Å². The minimum Gasteiger partial charge on any atom is -0.297 e. The molecule has 134 valence electrons. The van der Waals surface area contributed by atoms with Crippen LogP contribution < -0.4 is 0 Å². The second-order valence-corrected chi connectivity index (χ2v) is 9.46. The zero-order valence-electron chi connectivity index (χ0n) is 14.3. The molecule has 0 spiro atoms. The molecule has 2 aromatic carbocycles. The predicted octanol–water partition coefficient (Wildman–Crippen LogP) is 3.58. The Bertz CT molecular complexity index is 794. The normalized spacial score (nSPS) is 18.8. The monoisotopic (exact) mass is 470 g/mol. The summed E-state index contributed by atoms with van der Waals surface area (Å²) in [5.74, 6) is 0. The second kappa shape index (κ2) is 8.16. The lowest BCUT2D eigenvalue weighted by molar-refractivity contribution is 0.285. The van der Waals surface area contributed by atoms with Crippen molar-refractivity contribution in [1.82, 2.24) is 9.21 Å². The van der Waals surface area contributed by atoms with Gasteiger partial charge in [-0.2, -0.15) is 4.31 Å². The summed E-state index contributed by atoms with van der Waals surface area (Å²) in [6.07, 6.45) is 0.879. The first-order chi connectivity index (χ1) is 12.0. The number of likely N-dealkylation sites (N-methyl/N-ethyl adjacent to an activating group) is 1. The average Bonchev–Trinajstić information content (AvgIpc) is 3.04. The van der Waals surface area contributed by atoms with Gasteiger partial charge in [-0.1, -0.05) is 37.3 Å². The maximum absolute atomic E-state index is 13.0. The third-order valence-corrected chi connectivity index (χ3v) is 7.40. The van der Waals surface area contributed by atoms with Crippen molar-refractivity contribution in [3.05, 3.63) is 63.7 Å². The summed E-state index contributed by atoms with van der Waals surface area (Å²) in [5, 5.41) is 0. The number of likely N-dealkylation sites (tertiary alicyclic amines) is 1. The van der Waals surface area contributed by atoms with Crippen molar-refractivity contribution in [2.75, 3.05) is 19.6 Å². The highest BCUT2D eigenvalue weighted by Crippen LogP contribution is 2.25. The van der Waals surface area contributed by atoms with Crippen LogP contribution in [0.2, 0.25) is 0 Å². The third-order valence-electron chi connectivity index (χ3n) is 4.64. The van der Waals surface area contributed by atoms with Crippen LogP contribution in [0.5, 0.6) is 0 Å². The van der Waals surface area contributed by atoms with E-state index in [9.17, 15) is 8.42 Å². The van der Waals surface area contributed by atoms with Gasteiger partial charge in [-0.15, -0.1) is 0 Å². The first-order valence-electron chi connectivity index (χ1n) is 8.54. The molecule has 1 unspecified atom stereocenters. The van der Waals surface area contributed by atoms with Crippen molar-refractivity contribution >= 4 is 32.6 Å². The van der Waals surface area contributed by atoms with E-state index in [4.69, 9.17) is 0 Å². The second-order valence-electron chi connectivity index (χ2n) is 6.33. The van der Waals surface area contributed by atoms with Gasteiger partial charge in [0.05, 0.1) is 4.90 Å². The Hall–Kier alpha value is -0.960. The molecule has 0 saturated carbocycles. The van der Waals surface area contributed by atoms with Gasteiger partial charge in [0, 0.05) is 35.8 Å². The number of halogens is 1. The molecule has 0 radical (unpaired) electrons. The highest BCUT2D eigenvalue weighted by molar-refractivity contribution is 14.1. The van der Waals surface area contributed by atoms with Gasteiger partial charge in [0.2, 0.25) is 10.0 Å². The molecule has 1 atom stereocenters. The lowest BCUT2D eigenvalue weighted by Crippen LogP contribution is -2.41. The Morgan fingerprint density at radius 2 is 1.80 bits per heavy atom. The van der Waals surface area contributed by atoms with E-state index in [0.717, 1.165) is 29.6 Å². The summed E-state index contributed by atoms with van der Waals surface area (Å²) in [7, 11) is -3.44. The maximum Gasteiger partial charge on any atom is 0.243 e. The van der Waals surface area contributed by atoms with Crippen molar-refractivity contribution < 1.29 is 8.42 Å². The molecular formula is C19H23IN2O2S. The van der Waals surface area contributed by atoms with E-state index in [2.05, 4.69) is 39.6 Å². The Labute approximate surface area is 164 Å². The third kappa shape index (κ3) is 4.42. The number of sulfonamides is 1. The van der Waals surface area contributed by atoms with Crippen molar-refractivity contribution in [1.29, 1.82) is 0 Å². The summed E-state index contributed by atoms with van der Waals surface area (Å²) < 4.78 is 28.8. The Morgan fingerprint density at radius 1 is 1.12 bits per heavy atom. The highest BCUT2D eigenvalue weighted by atomic mass is 127. The van der Waals surface area contributed by atoms with Crippen LogP contribution in [0.15, 0.2) is 59.5 Å². The summed E-state index contributed by atoms with van der Waals surface area (Å²) in [5.41, 5.74) is 1.27. The van der Waals surface area contributed by atoms with Gasteiger partial charge in [-0.3, -0.25) is 4.90 Å². The molecule has 0 N–H and O–H groups in total. The van der Waals surface area contributed by atoms with Gasteiger partial charge in [-0.25, -0.2) is 8.42 Å². The van der Waals surface area contributed by atoms with E-state index in [1.54, 1.807) is 16.4 Å². The van der Waals surface area contributed by atoms with Gasteiger partial charge in [0.25, 0.3) is 0 Å². The van der Waals surface area contributed by atoms with Crippen LogP contribution in [0.4, 0.5) is 0 Å². The summed E-state index contributed by atoms with van der Waals surface area (Å²) in [6, 6.07) is 17.5. The topological polar surface area (TPSA) is 40.6 Å². The fourth-order valence-electron chi connectivity index (χ4n) is 3.40. The van der Waals surface area contributed by atoms with Crippen LogP contribution in [0.25, 0.3) is 0 Å². The van der Waals surface area contributed by atoms with E-state index in [1.807, 2.05) is 37.3 Å². The van der Waals surface area contributed by atoms with E-state index >= 15 is 0 Å². The molecule has 6 heteroatoms. The Morgan fingerprint density at radius 3 is 2.44 bits per heavy atom. The van der Waals surface area contributed by atoms with Gasteiger partial charge in [-0.05, 0) is 58.8 Å². The van der Waals surface area contributed by atoms with Crippen LogP contribution in [-0.4, -0.2) is 43.3 Å². The first kappa shape index (κ1) is 18.8. The van der Waals surface area contributed by atoms with E-state index in [-0.39, 0.29) is 6.04 Å². The lowest BCUT2D eigenvalue weighted by Gasteiger charge is -2.27. The van der Waals surface area contributed by atoms with Crippen LogP contribution in [0.1, 0.15) is 18.9 Å². The molecule has 1 heterocycles. The largest absolute Gasteiger partial charge is 0.297 e. The van der Waals surface area contributed by atoms with Crippen LogP contribution in [0, 0.1) is 3.57 Å². The summed E-state index contributed by atoms with van der Waals surface area (Å²) in [4.78, 5) is 2.72. The van der Waals surface area contributed by atoms with Crippen LogP contribution in [0.3, 0.4) is 0 Å². The molecule has 2 aromatic rings. The molecule has 1 aliphatic heterocycles. The maximum atomic E-state index is 13.0. The fourth-order valence-corrected chi connectivity index (χ4v) is 5.41. The van der Waals surface area contributed by atoms with Crippen molar-refractivity contribution in [2.45, 2.75) is 30.8 Å². The molecule has 0 bridgehead atoms. The summed E-state index contributed by atoms with van der Waals surface area (Å²) in [6.45, 7) is 5.01. The van der Waals surface area contributed by atoms with Crippen molar-refractivity contribution in [3.63, 3.8) is 0 Å². The molecule has 1 fully saturated rings. The Balaban J connectivity index is 1.72.